The summed E-state index contributed by atoms with van der Waals surface area (Å²) in [5.41, 5.74) is 0. The van der Waals surface area contributed by atoms with Crippen LogP contribution in [-0.4, -0.2) is 47.3 Å². The van der Waals surface area contributed by atoms with Gasteiger partial charge >= 0.3 is 106 Å². The normalized spacial score (nSPS) is 14.8. The molecule has 0 amide bonds. The van der Waals surface area contributed by atoms with E-state index < -0.39 is 19.3 Å². The Morgan fingerprint density at radius 3 is 1.50 bits per heavy atom. The molecular formula is C10H19O7P. The molecular weight excluding hydrogens is 263 g/mol. The Bertz CT molecular complexity index is 336. The van der Waals surface area contributed by atoms with Crippen molar-refractivity contribution in [2.75, 3.05) is 35.5 Å². The van der Waals surface area contributed by atoms with Crippen LogP contribution in [0.4, 0.5) is 0 Å². The number of carbonyl (C=O) groups is 2. The monoisotopic (exact) mass is 282 g/mol. The third-order valence-corrected chi connectivity index (χ3v) is 6.01. The van der Waals surface area contributed by atoms with E-state index in [2.05, 4.69) is 4.74 Å². The number of methoxy groups -OCH3 is 1. The molecule has 0 aliphatic heterocycles. The van der Waals surface area contributed by atoms with E-state index in [4.69, 9.17) is 18.1 Å². The number of esters is 1. The molecule has 0 bridgehead atoms. The Morgan fingerprint density at radius 1 is 0.889 bits per heavy atom. The van der Waals surface area contributed by atoms with E-state index in [-0.39, 0.29) is 5.31 Å². The van der Waals surface area contributed by atoms with E-state index >= 15 is 0 Å². The Morgan fingerprint density at radius 2 is 1.28 bits per heavy atom. The van der Waals surface area contributed by atoms with Gasteiger partial charge in [-0.05, 0) is 0 Å². The second kappa shape index (κ2) is 6.36. The van der Waals surface area contributed by atoms with Gasteiger partial charge in [0.15, 0.2) is 0 Å². The zero-order valence-corrected chi connectivity index (χ0v) is 12.3. The first-order valence-corrected chi connectivity index (χ1v) is 6.84. The molecule has 0 aromatic carbocycles. The Labute approximate surface area is 106 Å². The van der Waals surface area contributed by atoms with Crippen LogP contribution in [0.2, 0.25) is 0 Å². The molecule has 0 N–H and O–H groups in total. The molecule has 0 aromatic rings. The number of hydrogen-bond acceptors (Lipinski definition) is 7. The predicted octanol–water partition coefficient (Wildman–Crippen LogP) is 1.43. The number of rotatable bonds is 7. The molecule has 0 fully saturated rings. The molecule has 8 heteroatoms. The van der Waals surface area contributed by atoms with Gasteiger partial charge in [0, 0.05) is 0 Å². The van der Waals surface area contributed by atoms with Crippen molar-refractivity contribution in [1.82, 2.24) is 0 Å². The van der Waals surface area contributed by atoms with Gasteiger partial charge in [-0.15, -0.1) is 0 Å². The molecule has 0 heterocycles. The molecule has 18 heavy (non-hydrogen) atoms. The molecule has 0 saturated heterocycles. The minimum absolute atomic E-state index is 0.231. The van der Waals surface area contributed by atoms with Crippen molar-refractivity contribution in [3.8, 4) is 0 Å². The Hall–Kier alpha value is -0.850. The molecule has 0 radical (unpaired) electrons. The third-order valence-electron chi connectivity index (χ3n) is 2.39. The molecule has 7 nitrogen and oxygen atoms in total. The molecule has 0 atom stereocenters. The first-order chi connectivity index (χ1) is 8.35. The van der Waals surface area contributed by atoms with Gasteiger partial charge in [0.05, 0.1) is 0 Å². The van der Waals surface area contributed by atoms with Crippen molar-refractivity contribution >= 4 is 19.3 Å². The molecule has 106 valence electrons. The summed E-state index contributed by atoms with van der Waals surface area (Å²) in [6, 6.07) is 0. The van der Waals surface area contributed by atoms with Crippen LogP contribution in [0.15, 0.2) is 11.4 Å². The van der Waals surface area contributed by atoms with Crippen LogP contribution in [0.3, 0.4) is 0 Å². The average Bonchev–Trinajstić information content (AvgIpc) is 2.40. The van der Waals surface area contributed by atoms with Gasteiger partial charge in [-0.3, -0.25) is 0 Å². The van der Waals surface area contributed by atoms with E-state index in [1.54, 1.807) is 0 Å². The van der Waals surface area contributed by atoms with Crippen molar-refractivity contribution in [2.24, 2.45) is 0 Å². The summed E-state index contributed by atoms with van der Waals surface area (Å²) in [6.45, 7) is 1.27. The summed E-state index contributed by atoms with van der Waals surface area (Å²) in [6.07, 6.45) is 1.02. The van der Waals surface area contributed by atoms with E-state index in [1.807, 2.05) is 0 Å². The van der Waals surface area contributed by atoms with Gasteiger partial charge in [0.2, 0.25) is 0 Å². The van der Waals surface area contributed by atoms with Crippen LogP contribution in [-0.2, 0) is 32.4 Å². The molecule has 0 aromatic heterocycles. The summed E-state index contributed by atoms with van der Waals surface area (Å²) in [4.78, 5) is 23.0. The van der Waals surface area contributed by atoms with E-state index in [1.165, 1.54) is 42.5 Å². The topological polar surface area (TPSA) is 80.3 Å². The van der Waals surface area contributed by atoms with Gasteiger partial charge in [0.1, 0.15) is 0 Å². The van der Waals surface area contributed by atoms with Crippen molar-refractivity contribution in [3.63, 3.8) is 0 Å². The molecule has 0 aliphatic carbocycles. The average molecular weight is 282 g/mol. The molecule has 0 aliphatic rings. The van der Waals surface area contributed by atoms with Crippen molar-refractivity contribution < 1.29 is 32.4 Å². The second-order valence-corrected chi connectivity index (χ2v) is 6.74. The number of ketones is 1. The van der Waals surface area contributed by atoms with Crippen LogP contribution in [0.25, 0.3) is 0 Å². The number of ether oxygens (including phenoxy) is 1. The molecule has 0 unspecified atom stereocenters. The zero-order valence-electron chi connectivity index (χ0n) is 11.4. The fourth-order valence-corrected chi connectivity index (χ4v) is 3.91. The van der Waals surface area contributed by atoms with Gasteiger partial charge in [-0.2, -0.15) is 0 Å². The summed E-state index contributed by atoms with van der Waals surface area (Å²) in [5, 5.41) is -0.231. The van der Waals surface area contributed by atoms with E-state index in [9.17, 15) is 9.59 Å². The SMILES string of the molecule is COC(=O)C(=CC(C)=O)P(OC)(OC)(OC)OC. The van der Waals surface area contributed by atoms with Crippen LogP contribution in [0, 0.1) is 0 Å². The predicted molar refractivity (Wildman–Crippen MR) is 65.7 cm³/mol. The summed E-state index contributed by atoms with van der Waals surface area (Å²) >= 11 is 0. The molecule has 0 spiro atoms. The summed E-state index contributed by atoms with van der Waals surface area (Å²) in [7, 11) is 1.85. The third kappa shape index (κ3) is 2.76. The standard InChI is InChI=1S/C10H19O7P/c1-8(11)7-9(10(12)13-2)18(14-3,15-4,16-5)17-6/h7H,1-6H3. The van der Waals surface area contributed by atoms with E-state index in [0.29, 0.717) is 0 Å². The minimum atomic E-state index is -4.34. The first kappa shape index (κ1) is 17.2. The number of carbonyl (C=O) groups excluding carboxylic acids is 2. The maximum atomic E-state index is 11.8. The van der Waals surface area contributed by atoms with Gasteiger partial charge in [-0.25, -0.2) is 0 Å². The van der Waals surface area contributed by atoms with Gasteiger partial charge in [0.25, 0.3) is 0 Å². The van der Waals surface area contributed by atoms with Crippen LogP contribution >= 0.6 is 7.51 Å². The fourth-order valence-electron chi connectivity index (χ4n) is 1.45. The first-order valence-electron chi connectivity index (χ1n) is 4.93. The van der Waals surface area contributed by atoms with Crippen molar-refractivity contribution in [1.29, 1.82) is 0 Å². The maximum absolute atomic E-state index is 11.8. The van der Waals surface area contributed by atoms with Crippen molar-refractivity contribution in [2.45, 2.75) is 6.92 Å². The zero-order chi connectivity index (χ0) is 14.4. The summed E-state index contributed by atoms with van der Waals surface area (Å²) in [5.74, 6) is -1.22. The van der Waals surface area contributed by atoms with Crippen LogP contribution in [0.5, 0.6) is 0 Å². The van der Waals surface area contributed by atoms with Gasteiger partial charge in [-0.1, -0.05) is 0 Å². The van der Waals surface area contributed by atoms with Crippen LogP contribution in [0.1, 0.15) is 6.92 Å². The quantitative estimate of drug-likeness (QED) is 0.397. The van der Waals surface area contributed by atoms with Gasteiger partial charge < -0.3 is 0 Å². The fraction of sp³-hybridized carbons (Fsp3) is 0.600. The Balaban J connectivity index is 6.11. The Kier molecular flexibility index (Phi) is 6.06. The molecule has 0 saturated carbocycles. The molecule has 0 rings (SSSR count). The van der Waals surface area contributed by atoms with Crippen molar-refractivity contribution in [3.05, 3.63) is 11.4 Å². The van der Waals surface area contributed by atoms with Crippen LogP contribution < -0.4 is 0 Å². The second-order valence-electron chi connectivity index (χ2n) is 3.17. The number of allylic oxidation sites excluding steroid dienone is 1. The summed E-state index contributed by atoms with van der Waals surface area (Å²) < 4.78 is 25.4. The van der Waals surface area contributed by atoms with E-state index in [0.717, 1.165) is 6.08 Å². The number of hydrogen-bond donors (Lipinski definition) is 0.